The van der Waals surface area contributed by atoms with E-state index in [1.807, 2.05) is 25.2 Å². The summed E-state index contributed by atoms with van der Waals surface area (Å²) in [5.74, 6) is 1.62. The maximum atomic E-state index is 8.99. The molecule has 0 aromatic carbocycles. The number of anilines is 2. The summed E-state index contributed by atoms with van der Waals surface area (Å²) in [4.78, 5) is 21.3. The summed E-state index contributed by atoms with van der Waals surface area (Å²) in [6.07, 6.45) is 5.41. The van der Waals surface area contributed by atoms with Gasteiger partial charge in [-0.2, -0.15) is 10.2 Å². The van der Waals surface area contributed by atoms with Crippen molar-refractivity contribution >= 4 is 17.7 Å². The van der Waals surface area contributed by atoms with Gasteiger partial charge in [0.25, 0.3) is 0 Å². The first kappa shape index (κ1) is 20.3. The Hall–Kier alpha value is -3.45. The molecule has 2 aromatic heterocycles. The van der Waals surface area contributed by atoms with Crippen LogP contribution in [-0.4, -0.2) is 72.3 Å². The Balaban J connectivity index is 1.79. The highest BCUT2D eigenvalue weighted by molar-refractivity contribution is 5.82. The van der Waals surface area contributed by atoms with Crippen LogP contribution in [-0.2, 0) is 4.74 Å². The average Bonchev–Trinajstić information content (AvgIpc) is 2.73. The highest BCUT2D eigenvalue weighted by Gasteiger charge is 2.24. The highest BCUT2D eigenvalue weighted by atomic mass is 16.5. The number of methoxy groups -OCH3 is 1. The van der Waals surface area contributed by atoms with Gasteiger partial charge >= 0.3 is 0 Å². The van der Waals surface area contributed by atoms with Crippen molar-refractivity contribution in [2.24, 2.45) is 4.99 Å². The lowest BCUT2D eigenvalue weighted by atomic mass is 10.1. The summed E-state index contributed by atoms with van der Waals surface area (Å²) in [6, 6.07) is 3.88. The van der Waals surface area contributed by atoms with E-state index in [1.165, 1.54) is 0 Å². The largest absolute Gasteiger partial charge is 0.383 e. The number of pyridine rings is 1. The molecule has 0 aliphatic carbocycles. The summed E-state index contributed by atoms with van der Waals surface area (Å²) in [6.45, 7) is 5.85. The highest BCUT2D eigenvalue weighted by Crippen LogP contribution is 2.32. The number of hydrogen-bond donors (Lipinski definition) is 2. The van der Waals surface area contributed by atoms with Crippen LogP contribution >= 0.6 is 0 Å². The lowest BCUT2D eigenvalue weighted by molar-refractivity contribution is 0.202. The standard InChI is InChI=1S/C19H25N9O/c1-14-16(15-4-3-5-22-12-15)17(26-18(21)25-14)27-7-9-28(10-8-27)19(24-13-20)23-6-11-29-2/h3-5,12H,6-11H2,1-2H3,(H,23,24)(H2,21,25,26). The number of aryl methyl sites for hydroxylation is 1. The third kappa shape index (κ3) is 4.89. The van der Waals surface area contributed by atoms with Crippen LogP contribution in [0.1, 0.15) is 5.69 Å². The molecular weight excluding hydrogens is 370 g/mol. The van der Waals surface area contributed by atoms with E-state index in [9.17, 15) is 0 Å². The Morgan fingerprint density at radius 2 is 2.14 bits per heavy atom. The fourth-order valence-electron chi connectivity index (χ4n) is 3.32. The van der Waals surface area contributed by atoms with Gasteiger partial charge in [-0.3, -0.25) is 4.98 Å². The van der Waals surface area contributed by atoms with E-state index in [0.29, 0.717) is 45.3 Å². The Labute approximate surface area is 170 Å². The molecule has 29 heavy (non-hydrogen) atoms. The number of rotatable bonds is 5. The zero-order valence-electron chi connectivity index (χ0n) is 16.7. The number of hydrogen-bond acceptors (Lipinski definition) is 8. The fraction of sp³-hybridized carbons (Fsp3) is 0.421. The van der Waals surface area contributed by atoms with Crippen LogP contribution in [0.2, 0.25) is 0 Å². The second-order valence-electron chi connectivity index (χ2n) is 6.54. The molecule has 3 rings (SSSR count). The van der Waals surface area contributed by atoms with E-state index < -0.39 is 0 Å². The van der Waals surface area contributed by atoms with Gasteiger partial charge in [0, 0.05) is 63.4 Å². The van der Waals surface area contributed by atoms with E-state index in [0.717, 1.165) is 22.6 Å². The quantitative estimate of drug-likeness (QED) is 0.324. The first-order valence-corrected chi connectivity index (χ1v) is 9.38. The van der Waals surface area contributed by atoms with Gasteiger partial charge in [0.15, 0.2) is 0 Å². The smallest absolute Gasteiger partial charge is 0.222 e. The van der Waals surface area contributed by atoms with E-state index >= 15 is 0 Å². The number of nitrogen functional groups attached to an aromatic ring is 1. The average molecular weight is 395 g/mol. The summed E-state index contributed by atoms with van der Waals surface area (Å²) >= 11 is 0. The minimum atomic E-state index is 0.250. The Morgan fingerprint density at radius 1 is 1.34 bits per heavy atom. The molecule has 0 amide bonds. The summed E-state index contributed by atoms with van der Waals surface area (Å²) in [5.41, 5.74) is 8.65. The number of ether oxygens (including phenoxy) is 1. The van der Waals surface area contributed by atoms with E-state index in [2.05, 4.69) is 35.1 Å². The molecular formula is C19H25N9O. The van der Waals surface area contributed by atoms with Crippen molar-refractivity contribution in [3.63, 3.8) is 0 Å². The maximum Gasteiger partial charge on any atom is 0.222 e. The van der Waals surface area contributed by atoms with Gasteiger partial charge in [0.1, 0.15) is 5.82 Å². The topological polar surface area (TPSA) is 129 Å². The molecule has 0 unspecified atom stereocenters. The Kier molecular flexibility index (Phi) is 6.76. The SMILES string of the molecule is COCCN/C(=N/C#N)N1CCN(c2nc(N)nc(C)c2-c2cccnc2)CC1. The van der Waals surface area contributed by atoms with Gasteiger partial charge in [0.2, 0.25) is 18.1 Å². The van der Waals surface area contributed by atoms with Crippen LogP contribution in [0.3, 0.4) is 0 Å². The van der Waals surface area contributed by atoms with Gasteiger partial charge < -0.3 is 25.6 Å². The number of aliphatic imine (C=N–C) groups is 1. The molecule has 10 heteroatoms. The van der Waals surface area contributed by atoms with E-state index in [4.69, 9.17) is 15.7 Å². The molecule has 1 fully saturated rings. The monoisotopic (exact) mass is 395 g/mol. The number of nitriles is 1. The van der Waals surface area contributed by atoms with Crippen LogP contribution in [0, 0.1) is 18.4 Å². The number of nitrogens with one attached hydrogen (secondary N) is 1. The lowest BCUT2D eigenvalue weighted by Gasteiger charge is -2.37. The summed E-state index contributed by atoms with van der Waals surface area (Å²) in [5, 5.41) is 12.2. The molecule has 0 saturated carbocycles. The van der Waals surface area contributed by atoms with Gasteiger partial charge in [-0.1, -0.05) is 6.07 Å². The first-order valence-electron chi connectivity index (χ1n) is 9.38. The minimum absolute atomic E-state index is 0.250. The van der Waals surface area contributed by atoms with Crippen LogP contribution in [0.5, 0.6) is 0 Å². The van der Waals surface area contributed by atoms with Gasteiger partial charge in [-0.25, -0.2) is 4.98 Å². The number of guanidine groups is 1. The van der Waals surface area contributed by atoms with E-state index in [1.54, 1.807) is 19.5 Å². The normalized spacial score (nSPS) is 14.6. The summed E-state index contributed by atoms with van der Waals surface area (Å²) in [7, 11) is 1.64. The van der Waals surface area contributed by atoms with Crippen LogP contribution < -0.4 is 16.0 Å². The van der Waals surface area contributed by atoms with Crippen molar-refractivity contribution in [2.75, 3.05) is 57.1 Å². The molecule has 1 aliphatic rings. The molecule has 0 atom stereocenters. The molecule has 0 spiro atoms. The van der Waals surface area contributed by atoms with Crippen molar-refractivity contribution in [2.45, 2.75) is 6.92 Å². The van der Waals surface area contributed by atoms with Crippen molar-refractivity contribution in [1.82, 2.24) is 25.2 Å². The second kappa shape index (κ2) is 9.66. The van der Waals surface area contributed by atoms with Crippen LogP contribution in [0.15, 0.2) is 29.5 Å². The van der Waals surface area contributed by atoms with Gasteiger partial charge in [-0.15, -0.1) is 4.99 Å². The molecule has 1 saturated heterocycles. The van der Waals surface area contributed by atoms with Crippen molar-refractivity contribution in [3.8, 4) is 17.3 Å². The van der Waals surface area contributed by atoms with Gasteiger partial charge in [0.05, 0.1) is 12.3 Å². The zero-order chi connectivity index (χ0) is 20.6. The first-order chi connectivity index (χ1) is 14.1. The van der Waals surface area contributed by atoms with Crippen LogP contribution in [0.4, 0.5) is 11.8 Å². The predicted octanol–water partition coefficient (Wildman–Crippen LogP) is 0.624. The molecule has 3 N–H and O–H groups in total. The number of nitrogens with zero attached hydrogens (tertiary/aromatic N) is 7. The van der Waals surface area contributed by atoms with Crippen molar-refractivity contribution in [1.29, 1.82) is 5.26 Å². The zero-order valence-corrected chi connectivity index (χ0v) is 16.7. The fourth-order valence-corrected chi connectivity index (χ4v) is 3.32. The molecule has 2 aromatic rings. The molecule has 3 heterocycles. The van der Waals surface area contributed by atoms with Gasteiger partial charge in [-0.05, 0) is 13.0 Å². The minimum Gasteiger partial charge on any atom is -0.383 e. The third-order valence-electron chi connectivity index (χ3n) is 4.66. The molecule has 1 aliphatic heterocycles. The van der Waals surface area contributed by atoms with Crippen molar-refractivity contribution < 1.29 is 4.74 Å². The molecule has 10 nitrogen and oxygen atoms in total. The Bertz CT molecular complexity index is 887. The molecule has 0 radical (unpaired) electrons. The summed E-state index contributed by atoms with van der Waals surface area (Å²) < 4.78 is 5.05. The number of aromatic nitrogens is 3. The molecule has 0 bridgehead atoms. The van der Waals surface area contributed by atoms with Crippen LogP contribution in [0.25, 0.3) is 11.1 Å². The molecule has 152 valence electrons. The lowest BCUT2D eigenvalue weighted by Crippen LogP contribution is -2.53. The number of piperazine rings is 1. The van der Waals surface area contributed by atoms with Crippen molar-refractivity contribution in [3.05, 3.63) is 30.2 Å². The number of nitrogens with two attached hydrogens (primary N) is 1. The van der Waals surface area contributed by atoms with E-state index in [-0.39, 0.29) is 5.95 Å². The second-order valence-corrected chi connectivity index (χ2v) is 6.54. The Morgan fingerprint density at radius 3 is 2.79 bits per heavy atom. The third-order valence-corrected chi connectivity index (χ3v) is 4.66. The maximum absolute atomic E-state index is 8.99. The predicted molar refractivity (Wildman–Crippen MR) is 111 cm³/mol.